The summed E-state index contributed by atoms with van der Waals surface area (Å²) in [5, 5.41) is 12.4. The lowest BCUT2D eigenvalue weighted by Gasteiger charge is -2.22. The summed E-state index contributed by atoms with van der Waals surface area (Å²) in [5.74, 6) is 0.839. The Kier molecular flexibility index (Phi) is 3.37. The van der Waals surface area contributed by atoms with E-state index in [2.05, 4.69) is 21.3 Å². The third kappa shape index (κ3) is 2.31. The van der Waals surface area contributed by atoms with Crippen molar-refractivity contribution in [1.29, 1.82) is 5.26 Å². The first kappa shape index (κ1) is 10.9. The molecule has 0 amide bonds. The van der Waals surface area contributed by atoms with Crippen LogP contribution in [0.25, 0.3) is 0 Å². The van der Waals surface area contributed by atoms with Gasteiger partial charge in [0.1, 0.15) is 11.9 Å². The van der Waals surface area contributed by atoms with Gasteiger partial charge in [0, 0.05) is 25.3 Å². The Bertz CT molecular complexity index is 400. The van der Waals surface area contributed by atoms with Crippen LogP contribution in [0.5, 0.6) is 0 Å². The number of hydrogen-bond acceptors (Lipinski definition) is 4. The lowest BCUT2D eigenvalue weighted by Crippen LogP contribution is -2.29. The molecule has 0 aliphatic carbocycles. The van der Waals surface area contributed by atoms with E-state index in [1.165, 1.54) is 0 Å². The molecular weight excluding hydrogens is 200 g/mol. The van der Waals surface area contributed by atoms with Crippen LogP contribution in [0.4, 0.5) is 5.82 Å². The highest BCUT2D eigenvalue weighted by atomic mass is 15.2. The molecule has 2 heterocycles. The maximum atomic E-state index is 9.08. The normalized spacial score (nSPS) is 16.6. The summed E-state index contributed by atoms with van der Waals surface area (Å²) >= 11 is 0. The molecule has 1 N–H and O–H groups in total. The van der Waals surface area contributed by atoms with Crippen molar-refractivity contribution in [3.8, 4) is 6.07 Å². The molecule has 1 fully saturated rings. The average Bonchev–Trinajstić information content (AvgIpc) is 2.57. The fraction of sp³-hybridized carbons (Fsp3) is 0.500. The van der Waals surface area contributed by atoms with Crippen molar-refractivity contribution in [2.45, 2.75) is 13.3 Å². The van der Waals surface area contributed by atoms with Gasteiger partial charge in [-0.2, -0.15) is 5.26 Å². The Labute approximate surface area is 95.9 Å². The number of aryl methyl sites for hydroxylation is 1. The summed E-state index contributed by atoms with van der Waals surface area (Å²) in [4.78, 5) is 6.68. The summed E-state index contributed by atoms with van der Waals surface area (Å²) in [5.41, 5.74) is 1.64. The fourth-order valence-corrected chi connectivity index (χ4v) is 1.93. The van der Waals surface area contributed by atoms with Crippen LogP contribution in [0.3, 0.4) is 0 Å². The lowest BCUT2D eigenvalue weighted by atomic mass is 10.2. The van der Waals surface area contributed by atoms with Crippen molar-refractivity contribution in [2.75, 3.05) is 31.1 Å². The van der Waals surface area contributed by atoms with Crippen molar-refractivity contribution >= 4 is 5.82 Å². The van der Waals surface area contributed by atoms with E-state index in [1.54, 1.807) is 0 Å². The number of pyridine rings is 1. The zero-order chi connectivity index (χ0) is 11.4. The first-order valence-corrected chi connectivity index (χ1v) is 5.64. The molecule has 0 bridgehead atoms. The van der Waals surface area contributed by atoms with E-state index >= 15 is 0 Å². The summed E-state index contributed by atoms with van der Waals surface area (Å²) in [6.45, 7) is 5.86. The summed E-state index contributed by atoms with van der Waals surface area (Å²) in [6.07, 6.45) is 1.10. The molecule has 4 heteroatoms. The predicted molar refractivity (Wildman–Crippen MR) is 63.4 cm³/mol. The highest BCUT2D eigenvalue weighted by Gasteiger charge is 2.14. The molecule has 0 spiro atoms. The molecule has 1 aliphatic heterocycles. The van der Waals surface area contributed by atoms with Gasteiger partial charge in [-0.15, -0.1) is 0 Å². The van der Waals surface area contributed by atoms with Gasteiger partial charge in [0.25, 0.3) is 0 Å². The molecule has 84 valence electrons. The first-order chi connectivity index (χ1) is 7.81. The van der Waals surface area contributed by atoms with Gasteiger partial charge in [-0.3, -0.25) is 0 Å². The predicted octanol–water partition coefficient (Wildman–Crippen LogP) is 1.06. The van der Waals surface area contributed by atoms with Crippen molar-refractivity contribution in [1.82, 2.24) is 10.3 Å². The molecule has 0 radical (unpaired) electrons. The molecular formula is C12H16N4. The topological polar surface area (TPSA) is 52.0 Å². The SMILES string of the molecule is Cc1ccc(C#N)c(N2CCCNCC2)n1. The summed E-state index contributed by atoms with van der Waals surface area (Å²) in [7, 11) is 0. The van der Waals surface area contributed by atoms with E-state index < -0.39 is 0 Å². The standard InChI is InChI=1S/C12H16N4/c1-10-3-4-11(9-13)12(15-10)16-7-2-5-14-6-8-16/h3-4,14H,2,5-8H2,1H3. The van der Waals surface area contributed by atoms with Gasteiger partial charge in [-0.1, -0.05) is 0 Å². The van der Waals surface area contributed by atoms with E-state index in [4.69, 9.17) is 5.26 Å². The third-order valence-electron chi connectivity index (χ3n) is 2.77. The Morgan fingerprint density at radius 1 is 1.38 bits per heavy atom. The van der Waals surface area contributed by atoms with Gasteiger partial charge >= 0.3 is 0 Å². The highest BCUT2D eigenvalue weighted by molar-refractivity contribution is 5.54. The third-order valence-corrected chi connectivity index (χ3v) is 2.77. The van der Waals surface area contributed by atoms with E-state index in [-0.39, 0.29) is 0 Å². The Balaban J connectivity index is 2.30. The average molecular weight is 216 g/mol. The minimum atomic E-state index is 0.674. The van der Waals surface area contributed by atoms with Crippen LogP contribution in [-0.2, 0) is 0 Å². The quantitative estimate of drug-likeness (QED) is 0.762. The minimum absolute atomic E-state index is 0.674. The fourth-order valence-electron chi connectivity index (χ4n) is 1.93. The molecule has 2 rings (SSSR count). The number of nitrogens with zero attached hydrogens (tertiary/aromatic N) is 3. The number of nitriles is 1. The second kappa shape index (κ2) is 4.95. The van der Waals surface area contributed by atoms with E-state index in [9.17, 15) is 0 Å². The van der Waals surface area contributed by atoms with Crippen LogP contribution in [0.2, 0.25) is 0 Å². The molecule has 1 aromatic rings. The highest BCUT2D eigenvalue weighted by Crippen LogP contribution is 2.18. The second-order valence-corrected chi connectivity index (χ2v) is 4.03. The van der Waals surface area contributed by atoms with Crippen molar-refractivity contribution < 1.29 is 0 Å². The largest absolute Gasteiger partial charge is 0.354 e. The molecule has 0 atom stereocenters. The molecule has 4 nitrogen and oxygen atoms in total. The van der Waals surface area contributed by atoms with E-state index in [0.29, 0.717) is 5.56 Å². The van der Waals surface area contributed by atoms with Crippen LogP contribution >= 0.6 is 0 Å². The van der Waals surface area contributed by atoms with Crippen LogP contribution in [0, 0.1) is 18.3 Å². The van der Waals surface area contributed by atoms with Crippen molar-refractivity contribution in [3.63, 3.8) is 0 Å². The zero-order valence-electron chi connectivity index (χ0n) is 9.53. The zero-order valence-corrected chi connectivity index (χ0v) is 9.53. The monoisotopic (exact) mass is 216 g/mol. The maximum Gasteiger partial charge on any atom is 0.146 e. The summed E-state index contributed by atoms with van der Waals surface area (Å²) in [6, 6.07) is 5.96. The smallest absolute Gasteiger partial charge is 0.146 e. The molecule has 1 saturated heterocycles. The van der Waals surface area contributed by atoms with Crippen LogP contribution in [0.1, 0.15) is 17.7 Å². The maximum absolute atomic E-state index is 9.08. The summed E-state index contributed by atoms with van der Waals surface area (Å²) < 4.78 is 0. The van der Waals surface area contributed by atoms with Gasteiger partial charge in [-0.25, -0.2) is 4.98 Å². The van der Waals surface area contributed by atoms with Crippen LogP contribution in [-0.4, -0.2) is 31.2 Å². The number of hydrogen-bond donors (Lipinski definition) is 1. The van der Waals surface area contributed by atoms with Gasteiger partial charge in [-0.05, 0) is 32.0 Å². The molecule has 1 aromatic heterocycles. The Morgan fingerprint density at radius 2 is 2.25 bits per heavy atom. The van der Waals surface area contributed by atoms with Crippen molar-refractivity contribution in [2.24, 2.45) is 0 Å². The van der Waals surface area contributed by atoms with Crippen LogP contribution in [0.15, 0.2) is 12.1 Å². The van der Waals surface area contributed by atoms with Gasteiger partial charge < -0.3 is 10.2 Å². The number of rotatable bonds is 1. The molecule has 0 aromatic carbocycles. The molecule has 0 saturated carbocycles. The Morgan fingerprint density at radius 3 is 3.06 bits per heavy atom. The number of nitrogens with one attached hydrogen (secondary N) is 1. The number of anilines is 1. The molecule has 1 aliphatic rings. The Hall–Kier alpha value is -1.60. The molecule has 0 unspecified atom stereocenters. The van der Waals surface area contributed by atoms with Gasteiger partial charge in [0.2, 0.25) is 0 Å². The van der Waals surface area contributed by atoms with E-state index in [1.807, 2.05) is 19.1 Å². The first-order valence-electron chi connectivity index (χ1n) is 5.64. The van der Waals surface area contributed by atoms with Crippen molar-refractivity contribution in [3.05, 3.63) is 23.4 Å². The second-order valence-electron chi connectivity index (χ2n) is 4.03. The van der Waals surface area contributed by atoms with Crippen LogP contribution < -0.4 is 10.2 Å². The molecule has 16 heavy (non-hydrogen) atoms. The van der Waals surface area contributed by atoms with Gasteiger partial charge in [0.15, 0.2) is 0 Å². The number of aromatic nitrogens is 1. The van der Waals surface area contributed by atoms with Gasteiger partial charge in [0.05, 0.1) is 5.56 Å². The van der Waals surface area contributed by atoms with E-state index in [0.717, 1.165) is 44.1 Å². The minimum Gasteiger partial charge on any atom is -0.354 e. The lowest BCUT2D eigenvalue weighted by molar-refractivity contribution is 0.724.